The van der Waals surface area contributed by atoms with Crippen LogP contribution in [-0.2, 0) is 37.4 Å². The maximum atomic E-state index is 12.0. The van der Waals surface area contributed by atoms with Crippen molar-refractivity contribution in [3.05, 3.63) is 106 Å². The molecule has 0 radical (unpaired) electrons. The summed E-state index contributed by atoms with van der Waals surface area (Å²) in [7, 11) is 0. The van der Waals surface area contributed by atoms with Crippen LogP contribution in [-0.4, -0.2) is 36.2 Å². The van der Waals surface area contributed by atoms with E-state index in [0.29, 0.717) is 40.7 Å². The van der Waals surface area contributed by atoms with E-state index in [2.05, 4.69) is 44.3 Å². The maximum absolute atomic E-state index is 12.0. The Balaban J connectivity index is 0.000000366. The summed E-state index contributed by atoms with van der Waals surface area (Å²) in [5, 5.41) is 0. The Labute approximate surface area is 348 Å². The zero-order valence-electron chi connectivity index (χ0n) is 29.8. The van der Waals surface area contributed by atoms with Crippen molar-refractivity contribution in [2.24, 2.45) is 0 Å². The van der Waals surface area contributed by atoms with Gasteiger partial charge in [0.15, 0.2) is 0 Å². The molecule has 2 aliphatic carbocycles. The summed E-state index contributed by atoms with van der Waals surface area (Å²) >= 11 is 8.72. The van der Waals surface area contributed by atoms with E-state index in [9.17, 15) is 28.8 Å². The number of ether oxygens (including phenoxy) is 2. The van der Waals surface area contributed by atoms with Gasteiger partial charge in [-0.15, -0.1) is 24.4 Å². The summed E-state index contributed by atoms with van der Waals surface area (Å²) in [6.45, 7) is 10.1. The van der Waals surface area contributed by atoms with Crippen LogP contribution in [0.5, 0.6) is 0 Å². The van der Waals surface area contributed by atoms with Gasteiger partial charge in [-0.3, -0.25) is 14.4 Å². The SMILES string of the molecule is CC1=C(C=O)CCCC1OC=O.Cc1cc(Br)cc(=O)o1.Cc1cc(S)cc(=O)o1.Cc1cc2c(c(=O)o1)C=C1CCCC(OC=O)[C@@]1(C)S2.[Na+].[SH-]. The Morgan fingerprint density at radius 2 is 1.44 bits per heavy atom. The topological polar surface area (TPSA) is 160 Å². The first kappa shape index (κ1) is 47.5. The van der Waals surface area contributed by atoms with E-state index in [1.165, 1.54) is 12.1 Å². The number of aryl methyl sites for hydroxylation is 3. The molecular formula is C36H40BrNaO11S3. The summed E-state index contributed by atoms with van der Waals surface area (Å²) in [6.07, 6.45) is 7.78. The summed E-state index contributed by atoms with van der Waals surface area (Å²) in [5.41, 5.74) is 2.52. The quantitative estimate of drug-likeness (QED) is 0.171. The standard InChI is InChI=1S/C15H16O4S.C9H12O3.C6H5BrO2.C6H6O2S.Na.H2S/c1-9-6-12-11(14(17)19-9)7-10-4-3-5-13(18-8-16)15(10,2)20-12;1-7-8(5-10)3-2-4-9(7)12-6-11;1-4-2-5(7)3-6(8)9-4;1-4-2-5(9)3-6(7)8-4;;/h6-8,13H,3-5H2,1-2H3;5-6,9H,2-4H2,1H3;2-3H,1H3;2-3,9H,1H3;;1H2/q;;;;+1;/p-1/t13?,15-;;;;;/m0...../s1. The Morgan fingerprint density at radius 1 is 0.846 bits per heavy atom. The molecule has 0 amide bonds. The zero-order valence-corrected chi connectivity index (χ0v) is 36.0. The largest absolute Gasteiger partial charge is 1.00 e. The molecule has 0 aromatic carbocycles. The first-order valence-electron chi connectivity index (χ1n) is 15.7. The second-order valence-electron chi connectivity index (χ2n) is 11.8. The van der Waals surface area contributed by atoms with Crippen molar-refractivity contribution in [3.63, 3.8) is 0 Å². The van der Waals surface area contributed by atoms with Gasteiger partial charge in [0.05, 0.1) is 10.3 Å². The number of thiol groups is 2. The number of hydrogen-bond acceptors (Lipinski definition) is 14. The van der Waals surface area contributed by atoms with Gasteiger partial charge >= 0.3 is 46.4 Å². The van der Waals surface area contributed by atoms with Crippen molar-refractivity contribution in [1.82, 2.24) is 0 Å². The van der Waals surface area contributed by atoms with Crippen LogP contribution in [0.15, 0.2) is 88.9 Å². The van der Waals surface area contributed by atoms with Crippen LogP contribution in [0.25, 0.3) is 6.08 Å². The van der Waals surface area contributed by atoms with Gasteiger partial charge in [0, 0.05) is 26.4 Å². The molecule has 3 aromatic rings. The van der Waals surface area contributed by atoms with Gasteiger partial charge in [-0.05, 0) is 114 Å². The number of halogens is 1. The van der Waals surface area contributed by atoms with Gasteiger partial charge in [0.1, 0.15) is 35.8 Å². The van der Waals surface area contributed by atoms with Crippen molar-refractivity contribution in [3.8, 4) is 0 Å². The monoisotopic (exact) mass is 846 g/mol. The summed E-state index contributed by atoms with van der Waals surface area (Å²) in [6, 6.07) is 8.02. The van der Waals surface area contributed by atoms with Crippen LogP contribution in [0.2, 0.25) is 0 Å². The number of carbonyl (C=O) groups is 3. The molecule has 3 aliphatic rings. The number of carbonyl (C=O) groups excluding carboxylic acids is 3. The van der Waals surface area contributed by atoms with Crippen LogP contribution in [0, 0.1) is 20.8 Å². The number of rotatable bonds is 5. The van der Waals surface area contributed by atoms with E-state index in [4.69, 9.17) is 13.9 Å². The second-order valence-corrected chi connectivity index (χ2v) is 14.7. The molecule has 1 aliphatic heterocycles. The molecule has 4 heterocycles. The van der Waals surface area contributed by atoms with E-state index in [0.717, 1.165) is 70.9 Å². The van der Waals surface area contributed by atoms with Gasteiger partial charge in [0.25, 0.3) is 12.9 Å². The minimum Gasteiger partial charge on any atom is -0.813 e. The van der Waals surface area contributed by atoms with Gasteiger partial charge in [-0.1, -0.05) is 15.9 Å². The molecule has 16 heteroatoms. The van der Waals surface area contributed by atoms with Crippen LogP contribution in [0.1, 0.15) is 75.2 Å². The predicted molar refractivity (Wildman–Crippen MR) is 203 cm³/mol. The summed E-state index contributed by atoms with van der Waals surface area (Å²) < 4.78 is 25.1. The molecular weight excluding hydrogens is 807 g/mol. The average Bonchev–Trinajstić information content (AvgIpc) is 3.01. The maximum Gasteiger partial charge on any atom is 1.00 e. The molecule has 0 bridgehead atoms. The molecule has 3 atom stereocenters. The molecule has 0 saturated heterocycles. The average molecular weight is 848 g/mol. The Hall–Kier alpha value is -2.53. The molecule has 11 nitrogen and oxygen atoms in total. The van der Waals surface area contributed by atoms with E-state index in [1.807, 2.05) is 19.1 Å². The molecule has 276 valence electrons. The van der Waals surface area contributed by atoms with Crippen molar-refractivity contribution in [2.75, 3.05) is 0 Å². The van der Waals surface area contributed by atoms with Crippen LogP contribution >= 0.6 is 40.3 Å². The number of thioether (sulfide) groups is 1. The molecule has 6 rings (SSSR count). The molecule has 1 saturated carbocycles. The Bertz CT molecular complexity index is 1830. The number of fused-ring (bicyclic) bond motifs is 2. The first-order chi connectivity index (χ1) is 23.7. The fraction of sp³-hybridized carbons (Fsp3) is 0.389. The van der Waals surface area contributed by atoms with Crippen molar-refractivity contribution >= 4 is 79.1 Å². The molecule has 52 heavy (non-hydrogen) atoms. The Morgan fingerprint density at radius 3 is 2.00 bits per heavy atom. The van der Waals surface area contributed by atoms with Gasteiger partial charge in [-0.25, -0.2) is 14.4 Å². The van der Waals surface area contributed by atoms with Crippen LogP contribution in [0.4, 0.5) is 0 Å². The summed E-state index contributed by atoms with van der Waals surface area (Å²) in [5.74, 6) is 1.81. The molecule has 0 N–H and O–H groups in total. The minimum absolute atomic E-state index is 0. The Kier molecular flexibility index (Phi) is 20.7. The van der Waals surface area contributed by atoms with E-state index < -0.39 is 0 Å². The molecule has 1 fully saturated rings. The predicted octanol–water partition coefficient (Wildman–Crippen LogP) is 3.83. The second kappa shape index (κ2) is 22.6. The zero-order chi connectivity index (χ0) is 37.0. The van der Waals surface area contributed by atoms with Crippen molar-refractivity contribution < 1.29 is 66.7 Å². The third-order valence-corrected chi connectivity index (χ3v) is 10.3. The molecule has 0 spiro atoms. The third-order valence-electron chi connectivity index (χ3n) is 8.10. The number of allylic oxidation sites excluding steroid dienone is 1. The molecule has 3 aromatic heterocycles. The minimum atomic E-state index is -0.347. The smallest absolute Gasteiger partial charge is 0.813 e. The summed E-state index contributed by atoms with van der Waals surface area (Å²) in [4.78, 5) is 65.8. The van der Waals surface area contributed by atoms with E-state index in [-0.39, 0.29) is 76.9 Å². The fourth-order valence-corrected chi connectivity index (χ4v) is 8.00. The van der Waals surface area contributed by atoms with Gasteiger partial charge < -0.3 is 36.2 Å². The van der Waals surface area contributed by atoms with Gasteiger partial charge in [0.2, 0.25) is 0 Å². The van der Waals surface area contributed by atoms with E-state index >= 15 is 0 Å². The van der Waals surface area contributed by atoms with Crippen molar-refractivity contribution in [2.45, 2.75) is 99.9 Å². The normalized spacial score (nSPS) is 19.6. The number of aldehydes is 1. The van der Waals surface area contributed by atoms with E-state index in [1.54, 1.807) is 44.7 Å². The van der Waals surface area contributed by atoms with Crippen LogP contribution in [0.3, 0.4) is 0 Å². The molecule has 2 unspecified atom stereocenters. The number of hydrogen-bond donors (Lipinski definition) is 1. The first-order valence-corrected chi connectivity index (χ1v) is 17.7. The van der Waals surface area contributed by atoms with Gasteiger partial charge in [-0.2, -0.15) is 0 Å². The van der Waals surface area contributed by atoms with Crippen LogP contribution < -0.4 is 46.4 Å². The third kappa shape index (κ3) is 13.7. The fourth-order valence-electron chi connectivity index (χ4n) is 5.67. The van der Waals surface area contributed by atoms with Crippen molar-refractivity contribution in [1.29, 1.82) is 0 Å².